The van der Waals surface area contributed by atoms with E-state index in [1.54, 1.807) is 0 Å². The zero-order valence-electron chi connectivity index (χ0n) is 11.6. The topological polar surface area (TPSA) is 34.1 Å². The normalized spacial score (nSPS) is 31.0. The third kappa shape index (κ3) is 6.39. The molecule has 2 aliphatic rings. The summed E-state index contributed by atoms with van der Waals surface area (Å²) in [5.41, 5.74) is 0. The average molecular weight is 862 g/mol. The van der Waals surface area contributed by atoms with Crippen LogP contribution in [0.25, 0.3) is 0 Å². The van der Waals surface area contributed by atoms with Crippen molar-refractivity contribution in [2.45, 2.75) is 62.0 Å². The van der Waals surface area contributed by atoms with Crippen molar-refractivity contribution in [3.63, 3.8) is 0 Å². The maximum atomic E-state index is 13.3. The van der Waals surface area contributed by atoms with E-state index in [9.17, 15) is 8.42 Å². The van der Waals surface area contributed by atoms with E-state index in [-0.39, 0.29) is 0 Å². The number of sulfone groups is 1. The lowest BCUT2D eigenvalue weighted by Gasteiger charge is -2.44. The first kappa shape index (κ1) is 23.1. The Bertz CT molecular complexity index is 496. The number of halogens is 8. The van der Waals surface area contributed by atoms with E-state index >= 15 is 0 Å². The van der Waals surface area contributed by atoms with Crippen LogP contribution in [0.2, 0.25) is 0 Å². The zero-order chi connectivity index (χ0) is 17.9. The molecule has 2 rings (SSSR count). The highest BCUT2D eigenvalue weighted by atomic mass is 79.9. The van der Waals surface area contributed by atoms with Gasteiger partial charge in [0, 0.05) is 0 Å². The summed E-state index contributed by atoms with van der Waals surface area (Å²) in [6, 6.07) is 0. The van der Waals surface area contributed by atoms with Crippen LogP contribution in [0.15, 0.2) is 0 Å². The molecule has 0 bridgehead atoms. The summed E-state index contributed by atoms with van der Waals surface area (Å²) in [5, 5.41) is -0.855. The van der Waals surface area contributed by atoms with Crippen molar-refractivity contribution in [2.75, 3.05) is 0 Å². The first-order chi connectivity index (χ1) is 10.0. The summed E-state index contributed by atoms with van der Waals surface area (Å²) in [6.07, 6.45) is 3.66. The van der Waals surface area contributed by atoms with Crippen LogP contribution >= 0.6 is 127 Å². The highest BCUT2D eigenvalue weighted by molar-refractivity contribution is 9.27. The van der Waals surface area contributed by atoms with Gasteiger partial charge < -0.3 is 0 Å². The Morgan fingerprint density at radius 1 is 0.565 bits per heavy atom. The first-order valence-corrected chi connectivity index (χ1v) is 14.7. The van der Waals surface area contributed by atoms with Gasteiger partial charge in [0.1, 0.15) is 0 Å². The van der Waals surface area contributed by atoms with Gasteiger partial charge in [-0.25, -0.2) is 8.42 Å². The van der Waals surface area contributed by atoms with E-state index in [0.717, 1.165) is 12.8 Å². The molecular weight excluding hydrogens is 847 g/mol. The minimum atomic E-state index is -3.31. The molecule has 2 aliphatic carbocycles. The number of rotatable bonds is 2. The Morgan fingerprint density at radius 3 is 1.00 bits per heavy atom. The summed E-state index contributed by atoms with van der Waals surface area (Å²) in [6.45, 7) is 0. The van der Waals surface area contributed by atoms with Crippen molar-refractivity contribution in [1.29, 1.82) is 0 Å². The van der Waals surface area contributed by atoms with E-state index < -0.39 is 33.3 Å². The van der Waals surface area contributed by atoms with E-state index in [2.05, 4.69) is 127 Å². The fourth-order valence-electron chi connectivity index (χ4n) is 3.26. The fourth-order valence-corrected chi connectivity index (χ4v) is 17.5. The van der Waals surface area contributed by atoms with Gasteiger partial charge in [0.2, 0.25) is 0 Å². The van der Waals surface area contributed by atoms with E-state index in [4.69, 9.17) is 0 Å². The van der Waals surface area contributed by atoms with Gasteiger partial charge in [-0.15, -0.1) is 0 Å². The van der Waals surface area contributed by atoms with Crippen molar-refractivity contribution in [3.8, 4) is 0 Å². The van der Waals surface area contributed by atoms with Gasteiger partial charge >= 0.3 is 0 Å². The Balaban J connectivity index is 2.30. The molecule has 0 radical (unpaired) electrons. The molecule has 136 valence electrons. The minimum Gasteiger partial charge on any atom is -0.228 e. The SMILES string of the molecule is O=S(=O)(C1CC(Br)(Br)CC(Br)(Br)C1)C1CC(Br)(Br)CC(Br)(Br)C1. The third-order valence-corrected chi connectivity index (χ3v) is 11.4. The maximum absolute atomic E-state index is 13.3. The monoisotopic (exact) mass is 853 g/mol. The molecule has 23 heavy (non-hydrogen) atoms. The Kier molecular flexibility index (Phi) is 7.58. The average Bonchev–Trinajstić information content (AvgIpc) is 2.19. The second-order valence-electron chi connectivity index (χ2n) is 6.43. The van der Waals surface area contributed by atoms with Gasteiger partial charge in [0.25, 0.3) is 0 Å². The van der Waals surface area contributed by atoms with Crippen LogP contribution in [0, 0.1) is 0 Å². The van der Waals surface area contributed by atoms with Crippen LogP contribution in [0.3, 0.4) is 0 Å². The maximum Gasteiger partial charge on any atom is 0.156 e. The molecule has 0 unspecified atom stereocenters. The van der Waals surface area contributed by atoms with E-state index in [0.29, 0.717) is 25.7 Å². The molecule has 0 saturated heterocycles. The highest BCUT2D eigenvalue weighted by Gasteiger charge is 2.53. The highest BCUT2D eigenvalue weighted by Crippen LogP contribution is 2.57. The number of hydrogen-bond acceptors (Lipinski definition) is 2. The predicted molar refractivity (Wildman–Crippen MR) is 127 cm³/mol. The summed E-state index contributed by atoms with van der Waals surface area (Å²) in [7, 11) is -3.31. The summed E-state index contributed by atoms with van der Waals surface area (Å²) < 4.78 is 25.1. The lowest BCUT2D eigenvalue weighted by molar-refractivity contribution is 0.447. The second kappa shape index (κ2) is 7.56. The van der Waals surface area contributed by atoms with Gasteiger partial charge in [-0.3, -0.25) is 0 Å². The summed E-state index contributed by atoms with van der Waals surface area (Å²) in [5.74, 6) is 0. The van der Waals surface area contributed by atoms with Crippen molar-refractivity contribution in [2.24, 2.45) is 0 Å². The molecule has 0 aromatic heterocycles. The minimum absolute atomic E-state index is 0.391. The molecule has 0 spiro atoms. The molecule has 2 fully saturated rings. The van der Waals surface area contributed by atoms with Crippen LogP contribution in [-0.2, 0) is 9.84 Å². The molecule has 0 aromatic carbocycles. The zero-order valence-corrected chi connectivity index (χ0v) is 25.2. The number of alkyl halides is 8. The van der Waals surface area contributed by atoms with Crippen LogP contribution in [0.5, 0.6) is 0 Å². The van der Waals surface area contributed by atoms with Crippen molar-refractivity contribution in [1.82, 2.24) is 0 Å². The molecule has 0 N–H and O–H groups in total. The lowest BCUT2D eigenvalue weighted by atomic mass is 9.99. The Hall–Kier alpha value is 3.79. The van der Waals surface area contributed by atoms with Crippen molar-refractivity contribution >= 4 is 137 Å². The van der Waals surface area contributed by atoms with E-state index in [1.165, 1.54) is 0 Å². The van der Waals surface area contributed by atoms with Crippen LogP contribution < -0.4 is 0 Å². The summed E-state index contributed by atoms with van der Waals surface area (Å²) in [4.78, 5) is 0. The molecule has 11 heteroatoms. The Labute approximate surface area is 204 Å². The van der Waals surface area contributed by atoms with Gasteiger partial charge in [-0.1, -0.05) is 127 Å². The molecule has 0 aliphatic heterocycles. The third-order valence-electron chi connectivity index (χ3n) is 4.07. The standard InChI is InChI=1S/C12H14Br8O2S/c13-9(14)1-7(2-10(15,16)5-9)23(21,22)8-3-11(17,18)6-12(19,20)4-8/h7-8H,1-6H2. The van der Waals surface area contributed by atoms with Gasteiger partial charge in [-0.05, 0) is 38.5 Å². The molecule has 2 nitrogen and oxygen atoms in total. The first-order valence-electron chi connectivity index (χ1n) is 6.78. The molecule has 2 saturated carbocycles. The van der Waals surface area contributed by atoms with Crippen LogP contribution in [0.1, 0.15) is 38.5 Å². The lowest BCUT2D eigenvalue weighted by Crippen LogP contribution is -2.49. The Morgan fingerprint density at radius 2 is 0.783 bits per heavy atom. The second-order valence-corrected chi connectivity index (χ2v) is 25.3. The molecule has 0 heterocycles. The molecule has 0 amide bonds. The largest absolute Gasteiger partial charge is 0.228 e. The quantitative estimate of drug-likeness (QED) is 0.271. The van der Waals surface area contributed by atoms with Crippen molar-refractivity contribution < 1.29 is 8.42 Å². The molecule has 0 atom stereocenters. The van der Waals surface area contributed by atoms with Crippen LogP contribution in [-0.4, -0.2) is 31.9 Å². The number of hydrogen-bond donors (Lipinski definition) is 0. The van der Waals surface area contributed by atoms with Crippen LogP contribution in [0.4, 0.5) is 0 Å². The smallest absolute Gasteiger partial charge is 0.156 e. The van der Waals surface area contributed by atoms with Gasteiger partial charge in [0.05, 0.1) is 23.4 Å². The van der Waals surface area contributed by atoms with E-state index in [1.807, 2.05) is 0 Å². The molecular formula is C12H14Br8O2S. The molecule has 0 aromatic rings. The van der Waals surface area contributed by atoms with Gasteiger partial charge in [-0.2, -0.15) is 0 Å². The van der Waals surface area contributed by atoms with Gasteiger partial charge in [0.15, 0.2) is 9.84 Å². The predicted octanol–water partition coefficient (Wildman–Crippen LogP) is 7.45. The van der Waals surface area contributed by atoms with Crippen molar-refractivity contribution in [3.05, 3.63) is 0 Å². The summed E-state index contributed by atoms with van der Waals surface area (Å²) >= 11 is 29.0. The fraction of sp³-hybridized carbons (Fsp3) is 1.00.